The summed E-state index contributed by atoms with van der Waals surface area (Å²) in [5.41, 5.74) is 0.954. The van der Waals surface area contributed by atoms with Gasteiger partial charge in [0.25, 0.3) is 11.8 Å². The summed E-state index contributed by atoms with van der Waals surface area (Å²) >= 11 is 0. The minimum Gasteiger partial charge on any atom is -0.481 e. The van der Waals surface area contributed by atoms with Gasteiger partial charge >= 0.3 is 5.97 Å². The summed E-state index contributed by atoms with van der Waals surface area (Å²) < 4.78 is 0. The second kappa shape index (κ2) is 6.40. The Morgan fingerprint density at radius 1 is 1.25 bits per heavy atom. The third-order valence-electron chi connectivity index (χ3n) is 4.24. The van der Waals surface area contributed by atoms with E-state index in [-0.39, 0.29) is 18.0 Å². The SMILES string of the molecule is O=C(CN1CCCC(C(=O)O)C1)Nc1ccc2c(c1)C(=O)NC2=O. The predicted octanol–water partition coefficient (Wildman–Crippen LogP) is 0.305. The van der Waals surface area contributed by atoms with Crippen molar-refractivity contribution < 1.29 is 24.3 Å². The van der Waals surface area contributed by atoms with Crippen LogP contribution in [-0.4, -0.2) is 53.3 Å². The Balaban J connectivity index is 1.61. The van der Waals surface area contributed by atoms with Crippen LogP contribution in [0.25, 0.3) is 0 Å². The van der Waals surface area contributed by atoms with Crippen LogP contribution in [0.2, 0.25) is 0 Å². The highest BCUT2D eigenvalue weighted by atomic mass is 16.4. The van der Waals surface area contributed by atoms with E-state index in [4.69, 9.17) is 5.11 Å². The Morgan fingerprint density at radius 3 is 2.75 bits per heavy atom. The first kappa shape index (κ1) is 16.1. The monoisotopic (exact) mass is 331 g/mol. The number of rotatable bonds is 4. The zero-order chi connectivity index (χ0) is 17.3. The number of likely N-dealkylation sites (tertiary alicyclic amines) is 1. The molecular weight excluding hydrogens is 314 g/mol. The molecule has 1 atom stereocenters. The van der Waals surface area contributed by atoms with E-state index < -0.39 is 23.7 Å². The maximum absolute atomic E-state index is 12.1. The van der Waals surface area contributed by atoms with E-state index in [0.717, 1.165) is 6.42 Å². The van der Waals surface area contributed by atoms with Gasteiger partial charge in [-0.1, -0.05) is 0 Å². The average Bonchev–Trinajstić information content (AvgIpc) is 2.81. The number of imide groups is 1. The van der Waals surface area contributed by atoms with Gasteiger partial charge in [-0.3, -0.25) is 29.4 Å². The summed E-state index contributed by atoms with van der Waals surface area (Å²) in [5.74, 6) is -2.49. The number of carbonyl (C=O) groups excluding carboxylic acids is 3. The maximum atomic E-state index is 12.1. The Labute approximate surface area is 137 Å². The van der Waals surface area contributed by atoms with Gasteiger partial charge in [0, 0.05) is 12.2 Å². The van der Waals surface area contributed by atoms with Crippen molar-refractivity contribution >= 4 is 29.4 Å². The van der Waals surface area contributed by atoms with Gasteiger partial charge in [-0.15, -0.1) is 0 Å². The van der Waals surface area contributed by atoms with Crippen LogP contribution < -0.4 is 10.6 Å². The van der Waals surface area contributed by atoms with Crippen LogP contribution in [0.5, 0.6) is 0 Å². The highest BCUT2D eigenvalue weighted by Gasteiger charge is 2.28. The van der Waals surface area contributed by atoms with Crippen LogP contribution in [0.15, 0.2) is 18.2 Å². The molecule has 1 saturated heterocycles. The molecule has 1 aromatic carbocycles. The number of fused-ring (bicyclic) bond motifs is 1. The number of benzene rings is 1. The van der Waals surface area contributed by atoms with Crippen molar-refractivity contribution in [3.8, 4) is 0 Å². The molecule has 0 spiro atoms. The van der Waals surface area contributed by atoms with E-state index in [2.05, 4.69) is 10.6 Å². The summed E-state index contributed by atoms with van der Waals surface area (Å²) in [7, 11) is 0. The summed E-state index contributed by atoms with van der Waals surface area (Å²) in [6.07, 6.45) is 1.37. The lowest BCUT2D eigenvalue weighted by Gasteiger charge is -2.29. The van der Waals surface area contributed by atoms with Crippen LogP contribution in [0.1, 0.15) is 33.6 Å². The number of carboxylic acid groups (broad SMARTS) is 1. The summed E-state index contributed by atoms with van der Waals surface area (Å²) in [6.45, 7) is 1.12. The zero-order valence-electron chi connectivity index (χ0n) is 12.9. The molecule has 0 saturated carbocycles. The maximum Gasteiger partial charge on any atom is 0.307 e. The molecular formula is C16H17N3O5. The van der Waals surface area contributed by atoms with Crippen molar-refractivity contribution in [2.24, 2.45) is 5.92 Å². The molecule has 2 aliphatic heterocycles. The van der Waals surface area contributed by atoms with E-state index >= 15 is 0 Å². The zero-order valence-corrected chi connectivity index (χ0v) is 12.9. The molecule has 8 nitrogen and oxygen atoms in total. The van der Waals surface area contributed by atoms with Crippen molar-refractivity contribution in [2.45, 2.75) is 12.8 Å². The van der Waals surface area contributed by atoms with Crippen molar-refractivity contribution in [3.63, 3.8) is 0 Å². The Hall–Kier alpha value is -2.74. The van der Waals surface area contributed by atoms with Crippen LogP contribution >= 0.6 is 0 Å². The minimum absolute atomic E-state index is 0.0893. The molecule has 2 aliphatic rings. The van der Waals surface area contributed by atoms with Gasteiger partial charge in [-0.2, -0.15) is 0 Å². The van der Waals surface area contributed by atoms with Gasteiger partial charge in [-0.25, -0.2) is 0 Å². The van der Waals surface area contributed by atoms with Crippen LogP contribution in [0.3, 0.4) is 0 Å². The topological polar surface area (TPSA) is 116 Å². The van der Waals surface area contributed by atoms with Crippen LogP contribution in [-0.2, 0) is 9.59 Å². The van der Waals surface area contributed by atoms with Gasteiger partial charge in [0.05, 0.1) is 23.6 Å². The number of hydrogen-bond acceptors (Lipinski definition) is 5. The van der Waals surface area contributed by atoms with Crippen molar-refractivity contribution in [2.75, 3.05) is 25.0 Å². The first-order valence-electron chi connectivity index (χ1n) is 7.69. The molecule has 1 fully saturated rings. The molecule has 0 aliphatic carbocycles. The summed E-state index contributed by atoms with van der Waals surface area (Å²) in [6, 6.07) is 4.52. The lowest BCUT2D eigenvalue weighted by molar-refractivity contribution is -0.144. The Bertz CT molecular complexity index is 730. The first-order chi connectivity index (χ1) is 11.4. The second-order valence-electron chi connectivity index (χ2n) is 6.00. The van der Waals surface area contributed by atoms with E-state index in [1.54, 1.807) is 11.0 Å². The molecule has 3 amide bonds. The number of amides is 3. The molecule has 8 heteroatoms. The smallest absolute Gasteiger partial charge is 0.307 e. The number of aliphatic carboxylic acids is 1. The van der Waals surface area contributed by atoms with Crippen LogP contribution in [0.4, 0.5) is 5.69 Å². The number of nitrogens with zero attached hydrogens (tertiary/aromatic N) is 1. The van der Waals surface area contributed by atoms with Crippen molar-refractivity contribution in [3.05, 3.63) is 29.3 Å². The van der Waals surface area contributed by atoms with E-state index in [0.29, 0.717) is 30.8 Å². The van der Waals surface area contributed by atoms with Gasteiger partial charge in [0.2, 0.25) is 5.91 Å². The lowest BCUT2D eigenvalue weighted by atomic mass is 9.98. The summed E-state index contributed by atoms with van der Waals surface area (Å²) in [5, 5.41) is 13.9. The van der Waals surface area contributed by atoms with E-state index in [1.165, 1.54) is 12.1 Å². The molecule has 3 rings (SSSR count). The van der Waals surface area contributed by atoms with Gasteiger partial charge in [0.1, 0.15) is 0 Å². The van der Waals surface area contributed by atoms with Crippen LogP contribution in [0, 0.1) is 5.92 Å². The molecule has 2 heterocycles. The number of anilines is 1. The fourth-order valence-corrected chi connectivity index (χ4v) is 3.05. The third kappa shape index (κ3) is 3.28. The number of nitrogens with one attached hydrogen (secondary N) is 2. The quantitative estimate of drug-likeness (QED) is 0.684. The molecule has 126 valence electrons. The lowest BCUT2D eigenvalue weighted by Crippen LogP contribution is -2.42. The molecule has 24 heavy (non-hydrogen) atoms. The van der Waals surface area contributed by atoms with Crippen molar-refractivity contribution in [1.82, 2.24) is 10.2 Å². The normalized spacial score (nSPS) is 20.4. The Kier molecular flexibility index (Phi) is 4.30. The number of piperidine rings is 1. The largest absolute Gasteiger partial charge is 0.481 e. The van der Waals surface area contributed by atoms with E-state index in [1.807, 2.05) is 0 Å². The highest BCUT2D eigenvalue weighted by molar-refractivity contribution is 6.22. The van der Waals surface area contributed by atoms with Gasteiger partial charge in [0.15, 0.2) is 0 Å². The Morgan fingerprint density at radius 2 is 2.00 bits per heavy atom. The molecule has 1 aromatic rings. The first-order valence-corrected chi connectivity index (χ1v) is 7.69. The average molecular weight is 331 g/mol. The number of carbonyl (C=O) groups is 4. The van der Waals surface area contributed by atoms with Gasteiger partial charge < -0.3 is 10.4 Å². The fourth-order valence-electron chi connectivity index (χ4n) is 3.05. The van der Waals surface area contributed by atoms with Gasteiger partial charge in [-0.05, 0) is 37.6 Å². The highest BCUT2D eigenvalue weighted by Crippen LogP contribution is 2.21. The predicted molar refractivity (Wildman–Crippen MR) is 83.7 cm³/mol. The third-order valence-corrected chi connectivity index (χ3v) is 4.24. The molecule has 0 radical (unpaired) electrons. The number of hydrogen-bond donors (Lipinski definition) is 3. The summed E-state index contributed by atoms with van der Waals surface area (Å²) in [4.78, 5) is 48.1. The molecule has 1 unspecified atom stereocenters. The fraction of sp³-hybridized carbons (Fsp3) is 0.375. The molecule has 0 bridgehead atoms. The second-order valence-corrected chi connectivity index (χ2v) is 6.00. The van der Waals surface area contributed by atoms with Crippen molar-refractivity contribution in [1.29, 1.82) is 0 Å². The standard InChI is InChI=1S/C16H17N3O5/c20-13(8-19-5-1-2-9(7-19)16(23)24)17-10-3-4-11-12(6-10)15(22)18-14(11)21/h3-4,6,9H,1-2,5,7-8H2,(H,17,20)(H,23,24)(H,18,21,22). The number of carboxylic acids is 1. The molecule has 0 aromatic heterocycles. The van der Waals surface area contributed by atoms with E-state index in [9.17, 15) is 19.2 Å². The minimum atomic E-state index is -0.839. The molecule has 3 N–H and O–H groups in total.